The van der Waals surface area contributed by atoms with Gasteiger partial charge in [0.2, 0.25) is 0 Å². The van der Waals surface area contributed by atoms with Crippen LogP contribution in [0.2, 0.25) is 0 Å². The summed E-state index contributed by atoms with van der Waals surface area (Å²) in [6.45, 7) is 25.6. The summed E-state index contributed by atoms with van der Waals surface area (Å²) in [5.41, 5.74) is 19.7. The van der Waals surface area contributed by atoms with Crippen molar-refractivity contribution in [3.05, 3.63) is 149 Å². The zero-order valence-electron chi connectivity index (χ0n) is 40.7. The average Bonchev–Trinajstić information content (AvgIpc) is 3.98. The Hall–Kier alpha value is -6.24. The molecule has 0 bridgehead atoms. The molecule has 4 nitrogen and oxygen atoms in total. The minimum Gasteiger partial charge on any atom is -0.466 e. The summed E-state index contributed by atoms with van der Waals surface area (Å²) >= 11 is 1.88. The number of aryl methyl sites for hydroxylation is 1. The zero-order chi connectivity index (χ0) is 46.3. The van der Waals surface area contributed by atoms with Gasteiger partial charge in [-0.05, 0) is 141 Å². The van der Waals surface area contributed by atoms with E-state index in [0.29, 0.717) is 0 Å². The Balaban J connectivity index is 1.23. The lowest BCUT2D eigenvalue weighted by Gasteiger charge is -2.45. The SMILES string of the molecule is Cc1cc2c(cc1N1c3c(oc4ccc(C(C)(C)C)cc34)B3c4c(cc5c(oc6ccccc65)c41)-c1cc4c(cc1N3c1ccc(C(C)(C)C)cc1)sc1ccccc14)C(C)(C)CCC2(C)C. The van der Waals surface area contributed by atoms with Crippen LogP contribution in [0.4, 0.5) is 28.4 Å². The van der Waals surface area contributed by atoms with Crippen molar-refractivity contribution in [2.45, 2.75) is 111 Å². The topological polar surface area (TPSA) is 32.8 Å². The van der Waals surface area contributed by atoms with Crippen LogP contribution in [-0.2, 0) is 21.7 Å². The number of rotatable bonds is 2. The van der Waals surface area contributed by atoms with E-state index >= 15 is 0 Å². The monoisotopic (exact) mass is 892 g/mol. The number of benzene rings is 7. The maximum absolute atomic E-state index is 7.53. The third kappa shape index (κ3) is 5.78. The van der Waals surface area contributed by atoms with Crippen LogP contribution in [0.15, 0.2) is 130 Å². The Labute approximate surface area is 398 Å². The third-order valence-corrected chi connectivity index (χ3v) is 17.1. The van der Waals surface area contributed by atoms with Crippen LogP contribution in [0, 0.1) is 6.92 Å². The van der Waals surface area contributed by atoms with Crippen molar-refractivity contribution in [3.8, 4) is 11.1 Å². The molecule has 0 radical (unpaired) electrons. The lowest BCUT2D eigenvalue weighted by molar-refractivity contribution is 0.332. The molecule has 67 heavy (non-hydrogen) atoms. The van der Waals surface area contributed by atoms with E-state index in [1.54, 1.807) is 0 Å². The molecule has 0 fully saturated rings. The molecule has 7 aromatic carbocycles. The number of hydrogen-bond donors (Lipinski definition) is 0. The summed E-state index contributed by atoms with van der Waals surface area (Å²) in [7, 11) is 0. The van der Waals surface area contributed by atoms with Gasteiger partial charge in [-0.25, -0.2) is 0 Å². The van der Waals surface area contributed by atoms with Gasteiger partial charge in [-0.15, -0.1) is 11.3 Å². The van der Waals surface area contributed by atoms with E-state index in [1.165, 1.54) is 76.0 Å². The van der Waals surface area contributed by atoms with E-state index in [9.17, 15) is 0 Å². The van der Waals surface area contributed by atoms with E-state index in [2.05, 4.69) is 207 Å². The molecule has 10 aromatic rings. The first-order chi connectivity index (χ1) is 31.9. The normalized spacial score (nSPS) is 16.3. The van der Waals surface area contributed by atoms with Gasteiger partial charge in [-0.1, -0.05) is 130 Å². The third-order valence-electron chi connectivity index (χ3n) is 15.9. The fourth-order valence-corrected chi connectivity index (χ4v) is 13.1. The summed E-state index contributed by atoms with van der Waals surface area (Å²) in [6.07, 6.45) is 2.29. The fourth-order valence-electron chi connectivity index (χ4n) is 12.0. The van der Waals surface area contributed by atoms with Gasteiger partial charge >= 0.3 is 6.85 Å². The highest BCUT2D eigenvalue weighted by molar-refractivity contribution is 7.25. The van der Waals surface area contributed by atoms with Crippen LogP contribution in [0.25, 0.3) is 64.2 Å². The van der Waals surface area contributed by atoms with Crippen LogP contribution in [0.5, 0.6) is 0 Å². The zero-order valence-corrected chi connectivity index (χ0v) is 41.5. The van der Waals surface area contributed by atoms with Crippen molar-refractivity contribution in [2.75, 3.05) is 9.71 Å². The van der Waals surface area contributed by atoms with Gasteiger partial charge in [0.05, 0.1) is 11.4 Å². The van der Waals surface area contributed by atoms with Crippen LogP contribution < -0.4 is 20.8 Å². The molecule has 1 aliphatic carbocycles. The molecular formula is C61H57BN2O2S. The number of fused-ring (bicyclic) bond motifs is 14. The summed E-state index contributed by atoms with van der Waals surface area (Å²) in [5, 5.41) is 5.95. The second-order valence-corrected chi connectivity index (χ2v) is 24.3. The predicted octanol–water partition coefficient (Wildman–Crippen LogP) is 16.7. The van der Waals surface area contributed by atoms with Crippen LogP contribution in [-0.4, -0.2) is 6.85 Å². The lowest BCUT2D eigenvalue weighted by atomic mass is 9.45. The molecule has 13 rings (SSSR count). The fraction of sp³-hybridized carbons (Fsp3) is 0.279. The van der Waals surface area contributed by atoms with Gasteiger partial charge < -0.3 is 18.5 Å². The largest absolute Gasteiger partial charge is 0.466 e. The van der Waals surface area contributed by atoms with Gasteiger partial charge in [-0.2, -0.15) is 0 Å². The minimum absolute atomic E-state index is 0.000755. The van der Waals surface area contributed by atoms with Crippen LogP contribution in [0.1, 0.15) is 110 Å². The molecular weight excluding hydrogens is 836 g/mol. The molecule has 5 heterocycles. The molecule has 2 aliphatic heterocycles. The number of nitrogens with zero attached hydrogens (tertiary/aromatic N) is 2. The summed E-state index contributed by atoms with van der Waals surface area (Å²) in [6, 6.07) is 46.2. The van der Waals surface area contributed by atoms with E-state index in [-0.39, 0.29) is 28.5 Å². The molecule has 332 valence electrons. The quantitative estimate of drug-likeness (QED) is 0.162. The van der Waals surface area contributed by atoms with Crippen LogP contribution in [0.3, 0.4) is 0 Å². The summed E-state index contributed by atoms with van der Waals surface area (Å²) < 4.78 is 17.4. The van der Waals surface area contributed by atoms with Crippen molar-refractivity contribution in [1.82, 2.24) is 0 Å². The van der Waals surface area contributed by atoms with Crippen molar-refractivity contribution >= 4 is 111 Å². The second-order valence-electron chi connectivity index (χ2n) is 23.3. The molecule has 0 saturated heterocycles. The molecule has 0 amide bonds. The lowest BCUT2D eigenvalue weighted by Crippen LogP contribution is -2.61. The van der Waals surface area contributed by atoms with E-state index in [4.69, 9.17) is 8.83 Å². The highest BCUT2D eigenvalue weighted by atomic mass is 32.1. The predicted molar refractivity (Wildman–Crippen MR) is 288 cm³/mol. The summed E-state index contributed by atoms with van der Waals surface area (Å²) in [4.78, 5) is 5.19. The van der Waals surface area contributed by atoms with Crippen LogP contribution >= 0.6 is 11.3 Å². The molecule has 0 saturated carbocycles. The first-order valence-corrected chi connectivity index (χ1v) is 25.1. The van der Waals surface area contributed by atoms with Crippen molar-refractivity contribution < 1.29 is 8.83 Å². The first kappa shape index (κ1) is 41.0. The van der Waals surface area contributed by atoms with E-state index < -0.39 is 0 Å². The van der Waals surface area contributed by atoms with Gasteiger partial charge in [0.1, 0.15) is 16.8 Å². The minimum atomic E-state index is -0.313. The summed E-state index contributed by atoms with van der Waals surface area (Å²) in [5.74, 6) is 0. The molecule has 0 spiro atoms. The Morgan fingerprint density at radius 3 is 1.93 bits per heavy atom. The smallest absolute Gasteiger partial charge is 0.376 e. The highest BCUT2D eigenvalue weighted by Crippen LogP contribution is 2.56. The average molecular weight is 893 g/mol. The maximum atomic E-state index is 7.53. The number of hydrogen-bond acceptors (Lipinski definition) is 5. The Kier molecular flexibility index (Phi) is 8.24. The van der Waals surface area contributed by atoms with E-state index in [0.717, 1.165) is 68.5 Å². The molecule has 3 aliphatic rings. The first-order valence-electron chi connectivity index (χ1n) is 24.2. The standard InChI is InChI=1S/C61H57BN2O2S/c1-34-28-45-46(61(10,11)27-26-60(45,8)9)32-47(34)63-54-44-29-36(59(5,6)7)22-25-50(44)66-57(54)62-53-42(31-43-38-16-12-14-18-49(38)65-56(43)55(53)63)40-30-41-39-17-13-15-19-51(39)67-52(41)33-48(40)64(62)37-23-20-35(21-24-37)58(2,3)4/h12-25,28-33H,26-27H2,1-11H3. The molecule has 0 unspecified atom stereocenters. The Bertz CT molecular complexity index is 3750. The maximum Gasteiger partial charge on any atom is 0.376 e. The molecule has 6 heteroatoms. The van der Waals surface area contributed by atoms with E-state index in [1.807, 2.05) is 11.3 Å². The van der Waals surface area contributed by atoms with Crippen molar-refractivity contribution in [1.29, 1.82) is 0 Å². The Morgan fingerprint density at radius 1 is 0.552 bits per heavy atom. The van der Waals surface area contributed by atoms with Gasteiger partial charge in [0.25, 0.3) is 0 Å². The van der Waals surface area contributed by atoms with Crippen molar-refractivity contribution in [3.63, 3.8) is 0 Å². The Morgan fingerprint density at radius 2 is 1.19 bits per heavy atom. The molecule has 0 atom stereocenters. The molecule has 3 aromatic heterocycles. The number of anilines is 5. The van der Waals surface area contributed by atoms with Gasteiger partial charge in [-0.3, -0.25) is 0 Å². The number of thiophene rings is 1. The number of furan rings is 2. The second kappa shape index (κ2) is 13.5. The number of para-hydroxylation sites is 1. The van der Waals surface area contributed by atoms with Gasteiger partial charge in [0.15, 0.2) is 5.58 Å². The van der Waals surface area contributed by atoms with Crippen molar-refractivity contribution in [2.24, 2.45) is 0 Å². The highest BCUT2D eigenvalue weighted by Gasteiger charge is 2.51. The van der Waals surface area contributed by atoms with Gasteiger partial charge in [0, 0.05) is 59.0 Å². The molecule has 0 N–H and O–H groups in total.